The van der Waals surface area contributed by atoms with Crippen molar-refractivity contribution in [3.63, 3.8) is 0 Å². The summed E-state index contributed by atoms with van der Waals surface area (Å²) < 4.78 is 4.96. The molecular formula is C18H22N4O4. The molecule has 1 N–H and O–H groups in total. The Morgan fingerprint density at radius 3 is 2.81 bits per heavy atom. The fraction of sp³-hybridized carbons (Fsp3) is 0.444. The van der Waals surface area contributed by atoms with Crippen LogP contribution in [0.5, 0.6) is 0 Å². The highest BCUT2D eigenvalue weighted by molar-refractivity contribution is 5.99. The van der Waals surface area contributed by atoms with Crippen LogP contribution >= 0.6 is 0 Å². The molecule has 0 saturated carbocycles. The van der Waals surface area contributed by atoms with Crippen molar-refractivity contribution >= 4 is 28.1 Å². The highest BCUT2D eigenvalue weighted by Crippen LogP contribution is 2.31. The Kier molecular flexibility index (Phi) is 5.62. The van der Waals surface area contributed by atoms with Crippen molar-refractivity contribution in [2.24, 2.45) is 0 Å². The summed E-state index contributed by atoms with van der Waals surface area (Å²) >= 11 is 0. The largest absolute Gasteiger partial charge is 0.384 e. The van der Waals surface area contributed by atoms with Gasteiger partial charge in [0.15, 0.2) is 0 Å². The van der Waals surface area contributed by atoms with E-state index in [1.54, 1.807) is 25.4 Å². The Balaban J connectivity index is 1.68. The van der Waals surface area contributed by atoms with E-state index < -0.39 is 4.92 Å². The smallest absolute Gasteiger partial charge is 0.278 e. The van der Waals surface area contributed by atoms with Crippen molar-refractivity contribution in [2.75, 3.05) is 32.1 Å². The number of anilines is 1. The summed E-state index contributed by atoms with van der Waals surface area (Å²) in [4.78, 5) is 28.7. The van der Waals surface area contributed by atoms with E-state index in [2.05, 4.69) is 10.3 Å². The maximum atomic E-state index is 12.1. The van der Waals surface area contributed by atoms with E-state index in [4.69, 9.17) is 4.74 Å². The number of hydrogen-bond donors (Lipinski definition) is 1. The number of non-ortho nitro benzene ring substituents is 1. The Morgan fingerprint density at radius 2 is 2.12 bits per heavy atom. The number of amides is 1. The van der Waals surface area contributed by atoms with Gasteiger partial charge in [-0.1, -0.05) is 0 Å². The molecule has 3 rings (SSSR count). The van der Waals surface area contributed by atoms with E-state index in [-0.39, 0.29) is 17.6 Å². The quantitative estimate of drug-likeness (QED) is 0.630. The lowest BCUT2D eigenvalue weighted by atomic mass is 10.0. The molecule has 0 aliphatic carbocycles. The highest BCUT2D eigenvalue weighted by atomic mass is 16.6. The van der Waals surface area contributed by atoms with Gasteiger partial charge in [-0.2, -0.15) is 0 Å². The van der Waals surface area contributed by atoms with Gasteiger partial charge in [-0.15, -0.1) is 0 Å². The van der Waals surface area contributed by atoms with E-state index >= 15 is 0 Å². The molecule has 8 nitrogen and oxygen atoms in total. The number of nitrogens with one attached hydrogen (secondary N) is 1. The number of likely N-dealkylation sites (tertiary alicyclic amines) is 1. The first-order valence-corrected chi connectivity index (χ1v) is 8.64. The second-order valence-corrected chi connectivity index (χ2v) is 6.35. The standard InChI is InChI=1S/C18H22N4O4/c1-26-11-7-18(23)21-9-5-13(6-10-21)20-16-2-3-17(22(24)25)15-12-19-8-4-14(15)16/h2-4,8,12-13,20H,5-7,9-11H2,1H3. The van der Waals surface area contributed by atoms with Gasteiger partial charge in [-0.25, -0.2) is 0 Å². The summed E-state index contributed by atoms with van der Waals surface area (Å²) in [6.45, 7) is 1.85. The number of pyridine rings is 1. The van der Waals surface area contributed by atoms with Gasteiger partial charge < -0.3 is 15.0 Å². The monoisotopic (exact) mass is 358 g/mol. The molecule has 1 saturated heterocycles. The number of methoxy groups -OCH3 is 1. The number of nitrogens with zero attached hydrogens (tertiary/aromatic N) is 3. The number of aromatic nitrogens is 1. The zero-order valence-corrected chi connectivity index (χ0v) is 14.7. The predicted octanol–water partition coefficient (Wildman–Crippen LogP) is 2.58. The first-order valence-electron chi connectivity index (χ1n) is 8.64. The molecule has 138 valence electrons. The van der Waals surface area contributed by atoms with Crippen LogP contribution in [0.15, 0.2) is 30.6 Å². The number of rotatable bonds is 6. The lowest BCUT2D eigenvalue weighted by Crippen LogP contribution is -2.42. The minimum Gasteiger partial charge on any atom is -0.384 e. The molecule has 1 aliphatic heterocycles. The molecule has 8 heteroatoms. The molecule has 0 unspecified atom stereocenters. The van der Waals surface area contributed by atoms with Gasteiger partial charge in [0, 0.05) is 55.8 Å². The first kappa shape index (κ1) is 18.1. The van der Waals surface area contributed by atoms with Crippen LogP contribution in [0, 0.1) is 10.1 Å². The molecule has 0 bridgehead atoms. The van der Waals surface area contributed by atoms with Crippen LogP contribution < -0.4 is 5.32 Å². The van der Waals surface area contributed by atoms with Gasteiger partial charge in [-0.3, -0.25) is 19.9 Å². The summed E-state index contributed by atoms with van der Waals surface area (Å²) in [5.41, 5.74) is 0.911. The van der Waals surface area contributed by atoms with Gasteiger partial charge in [0.2, 0.25) is 5.91 Å². The third-order valence-corrected chi connectivity index (χ3v) is 4.72. The molecule has 0 atom stereocenters. The van der Waals surface area contributed by atoms with Crippen molar-refractivity contribution in [1.82, 2.24) is 9.88 Å². The van der Waals surface area contributed by atoms with E-state index in [0.717, 1.165) is 23.9 Å². The number of hydrogen-bond acceptors (Lipinski definition) is 6. The molecule has 1 amide bonds. The Hall–Kier alpha value is -2.74. The lowest BCUT2D eigenvalue weighted by molar-refractivity contribution is -0.383. The molecule has 1 aromatic carbocycles. The predicted molar refractivity (Wildman–Crippen MR) is 98.1 cm³/mol. The SMILES string of the molecule is COCCC(=O)N1CCC(Nc2ccc([N+](=O)[O-])c3cnccc23)CC1. The van der Waals surface area contributed by atoms with Crippen molar-refractivity contribution in [3.8, 4) is 0 Å². The fourth-order valence-corrected chi connectivity index (χ4v) is 3.30. The number of nitro groups is 1. The summed E-state index contributed by atoms with van der Waals surface area (Å²) in [7, 11) is 1.59. The third-order valence-electron chi connectivity index (χ3n) is 4.72. The molecule has 1 aromatic heterocycles. The average molecular weight is 358 g/mol. The second kappa shape index (κ2) is 8.09. The summed E-state index contributed by atoms with van der Waals surface area (Å²) in [6, 6.07) is 5.26. The van der Waals surface area contributed by atoms with Crippen LogP contribution in [0.2, 0.25) is 0 Å². The topological polar surface area (TPSA) is 97.6 Å². The number of fused-ring (bicyclic) bond motifs is 1. The number of piperidine rings is 1. The van der Waals surface area contributed by atoms with Gasteiger partial charge in [0.1, 0.15) is 0 Å². The average Bonchev–Trinajstić information content (AvgIpc) is 2.66. The number of carbonyl (C=O) groups excluding carboxylic acids is 1. The number of benzene rings is 1. The summed E-state index contributed by atoms with van der Waals surface area (Å²) in [5.74, 6) is 0.122. The van der Waals surface area contributed by atoms with Crippen molar-refractivity contribution in [3.05, 3.63) is 40.7 Å². The van der Waals surface area contributed by atoms with Crippen molar-refractivity contribution in [1.29, 1.82) is 0 Å². The zero-order chi connectivity index (χ0) is 18.5. The van der Waals surface area contributed by atoms with E-state index in [0.29, 0.717) is 31.5 Å². The lowest BCUT2D eigenvalue weighted by Gasteiger charge is -2.33. The Bertz CT molecular complexity index is 803. The molecule has 0 radical (unpaired) electrons. The molecule has 0 spiro atoms. The van der Waals surface area contributed by atoms with Gasteiger partial charge in [0.05, 0.1) is 23.3 Å². The summed E-state index contributed by atoms with van der Waals surface area (Å²) in [6.07, 6.45) is 5.24. The van der Waals surface area contributed by atoms with Crippen LogP contribution in [-0.4, -0.2) is 53.6 Å². The van der Waals surface area contributed by atoms with E-state index in [1.807, 2.05) is 4.90 Å². The highest BCUT2D eigenvalue weighted by Gasteiger charge is 2.23. The molecule has 2 aromatic rings. The minimum absolute atomic E-state index is 0.0530. The van der Waals surface area contributed by atoms with Crippen LogP contribution in [0.25, 0.3) is 10.8 Å². The maximum Gasteiger partial charge on any atom is 0.278 e. The van der Waals surface area contributed by atoms with E-state index in [9.17, 15) is 14.9 Å². The van der Waals surface area contributed by atoms with Crippen LogP contribution in [-0.2, 0) is 9.53 Å². The van der Waals surface area contributed by atoms with Crippen LogP contribution in [0.1, 0.15) is 19.3 Å². The fourth-order valence-electron chi connectivity index (χ4n) is 3.30. The molecule has 2 heterocycles. The molecule has 1 aliphatic rings. The Labute approximate surface area is 151 Å². The summed E-state index contributed by atoms with van der Waals surface area (Å²) in [5, 5.41) is 16.0. The number of nitro benzene ring substituents is 1. The maximum absolute atomic E-state index is 12.1. The normalized spacial score (nSPS) is 15.2. The van der Waals surface area contributed by atoms with Gasteiger partial charge in [0.25, 0.3) is 5.69 Å². The van der Waals surface area contributed by atoms with Crippen molar-refractivity contribution < 1.29 is 14.5 Å². The van der Waals surface area contributed by atoms with Crippen LogP contribution in [0.3, 0.4) is 0 Å². The molecular weight excluding hydrogens is 336 g/mol. The van der Waals surface area contributed by atoms with Gasteiger partial charge >= 0.3 is 0 Å². The van der Waals surface area contributed by atoms with Gasteiger partial charge in [-0.05, 0) is 25.0 Å². The Morgan fingerprint density at radius 1 is 1.35 bits per heavy atom. The van der Waals surface area contributed by atoms with Crippen molar-refractivity contribution in [2.45, 2.75) is 25.3 Å². The number of ether oxygens (including phenoxy) is 1. The molecule has 1 fully saturated rings. The first-order chi connectivity index (χ1) is 12.6. The number of carbonyl (C=O) groups is 1. The third kappa shape index (κ3) is 3.91. The molecule has 26 heavy (non-hydrogen) atoms. The second-order valence-electron chi connectivity index (χ2n) is 6.35. The van der Waals surface area contributed by atoms with Crippen LogP contribution in [0.4, 0.5) is 11.4 Å². The van der Waals surface area contributed by atoms with E-state index in [1.165, 1.54) is 12.3 Å². The minimum atomic E-state index is -0.391. The zero-order valence-electron chi connectivity index (χ0n) is 14.7.